The van der Waals surface area contributed by atoms with Crippen molar-refractivity contribution in [3.63, 3.8) is 0 Å². The number of fused-ring (bicyclic) bond motifs is 3. The number of phenols is 1. The first-order valence-electron chi connectivity index (χ1n) is 9.73. The van der Waals surface area contributed by atoms with E-state index in [1.165, 1.54) is 11.0 Å². The normalized spacial score (nSPS) is 36.1. The molecule has 162 valence electrons. The second-order valence-corrected chi connectivity index (χ2v) is 8.78. The molecule has 1 aromatic rings. The summed E-state index contributed by atoms with van der Waals surface area (Å²) >= 11 is 0. The van der Waals surface area contributed by atoms with Gasteiger partial charge in [-0.05, 0) is 32.1 Å². The van der Waals surface area contributed by atoms with Crippen LogP contribution in [-0.2, 0) is 14.4 Å². The first kappa shape index (κ1) is 19.7. The number of phenolic OH excluding ortho intramolecular Hbond substituents is 1. The maximum absolute atomic E-state index is 13.7. The summed E-state index contributed by atoms with van der Waals surface area (Å²) in [6.45, 7) is 0. The van der Waals surface area contributed by atoms with Crippen LogP contribution in [0.5, 0.6) is 5.75 Å². The summed E-state index contributed by atoms with van der Waals surface area (Å²) in [5.74, 6) is -6.06. The van der Waals surface area contributed by atoms with Crippen LogP contribution in [0.1, 0.15) is 23.6 Å². The maximum Gasteiger partial charge on any atom is 0.255 e. The average molecular weight is 427 g/mol. The Morgan fingerprint density at radius 3 is 2.52 bits per heavy atom. The molecule has 5 atom stereocenters. The monoisotopic (exact) mass is 427 g/mol. The van der Waals surface area contributed by atoms with Crippen LogP contribution in [0.2, 0.25) is 0 Å². The molecule has 2 fully saturated rings. The summed E-state index contributed by atoms with van der Waals surface area (Å²) in [4.78, 5) is 40.1. The van der Waals surface area contributed by atoms with Crippen molar-refractivity contribution in [3.8, 4) is 5.75 Å². The van der Waals surface area contributed by atoms with E-state index in [4.69, 9.17) is 5.73 Å². The maximum atomic E-state index is 13.7. The number of aliphatic hydroxyl groups is 3. The SMILES string of the molecule is CN(C)[C@@H]1C(=O)C(C(N)=O)=C(O)[C@@]2(O)C(=O)C3=C(O)c4c(O)cccc4[C@@H]4N[C@]34C[C@@H]12. The van der Waals surface area contributed by atoms with Crippen LogP contribution >= 0.6 is 0 Å². The Morgan fingerprint density at radius 2 is 1.90 bits per heavy atom. The molecule has 1 aliphatic heterocycles. The minimum Gasteiger partial charge on any atom is -0.508 e. The topological polar surface area (TPSA) is 183 Å². The van der Waals surface area contributed by atoms with Gasteiger partial charge in [0.25, 0.3) is 5.91 Å². The predicted molar refractivity (Wildman–Crippen MR) is 106 cm³/mol. The Morgan fingerprint density at radius 1 is 1.23 bits per heavy atom. The number of nitrogens with one attached hydrogen (secondary N) is 1. The number of benzene rings is 1. The molecule has 1 spiro atoms. The molecule has 0 bridgehead atoms. The van der Waals surface area contributed by atoms with Crippen LogP contribution in [-0.4, -0.2) is 74.1 Å². The van der Waals surface area contributed by atoms with Gasteiger partial charge in [0.15, 0.2) is 11.4 Å². The molecule has 5 rings (SSSR count). The summed E-state index contributed by atoms with van der Waals surface area (Å²) in [7, 11) is 3.11. The first-order valence-corrected chi connectivity index (χ1v) is 9.73. The van der Waals surface area contributed by atoms with E-state index in [-0.39, 0.29) is 23.3 Å². The molecule has 10 heteroatoms. The first-order chi connectivity index (χ1) is 14.5. The second-order valence-electron chi connectivity index (χ2n) is 8.78. The number of likely N-dealkylation sites (N-methyl/N-ethyl adjacent to an activating group) is 1. The molecular weight excluding hydrogens is 406 g/mol. The van der Waals surface area contributed by atoms with Gasteiger partial charge in [0.1, 0.15) is 22.8 Å². The van der Waals surface area contributed by atoms with Gasteiger partial charge in [-0.15, -0.1) is 0 Å². The zero-order valence-electron chi connectivity index (χ0n) is 16.7. The lowest BCUT2D eigenvalue weighted by Gasteiger charge is -2.50. The van der Waals surface area contributed by atoms with Gasteiger partial charge in [-0.1, -0.05) is 12.1 Å². The zero-order chi connectivity index (χ0) is 22.6. The molecule has 1 amide bonds. The van der Waals surface area contributed by atoms with Crippen molar-refractivity contribution in [2.75, 3.05) is 14.1 Å². The third kappa shape index (κ3) is 2.09. The Labute approximate surface area is 176 Å². The summed E-state index contributed by atoms with van der Waals surface area (Å²) < 4.78 is 0. The molecule has 1 heterocycles. The van der Waals surface area contributed by atoms with Crippen LogP contribution in [0.15, 0.2) is 35.1 Å². The lowest BCUT2D eigenvalue weighted by atomic mass is 9.57. The quantitative estimate of drug-likeness (QED) is 0.259. The summed E-state index contributed by atoms with van der Waals surface area (Å²) in [5, 5.41) is 46.7. The number of nitrogens with zero attached hydrogens (tertiary/aromatic N) is 1. The number of primary amides is 1. The molecule has 1 saturated heterocycles. The van der Waals surface area contributed by atoms with E-state index in [9.17, 15) is 34.8 Å². The molecule has 10 nitrogen and oxygen atoms in total. The van der Waals surface area contributed by atoms with Gasteiger partial charge < -0.3 is 26.2 Å². The Bertz CT molecular complexity index is 1170. The van der Waals surface area contributed by atoms with Crippen LogP contribution in [0, 0.1) is 5.92 Å². The highest BCUT2D eigenvalue weighted by Crippen LogP contribution is 2.63. The predicted octanol–water partition coefficient (Wildman–Crippen LogP) is -0.812. The molecule has 1 aromatic carbocycles. The molecule has 1 saturated carbocycles. The molecule has 31 heavy (non-hydrogen) atoms. The van der Waals surface area contributed by atoms with E-state index in [1.807, 2.05) is 0 Å². The highest BCUT2D eigenvalue weighted by molar-refractivity contribution is 6.25. The van der Waals surface area contributed by atoms with Gasteiger partial charge in [-0.2, -0.15) is 0 Å². The number of rotatable bonds is 2. The van der Waals surface area contributed by atoms with Gasteiger partial charge in [-0.3, -0.25) is 24.6 Å². The largest absolute Gasteiger partial charge is 0.508 e. The minimum absolute atomic E-state index is 0.0130. The Hall–Kier alpha value is -3.21. The number of carbonyl (C=O) groups excluding carboxylic acids is 3. The molecule has 4 aliphatic rings. The number of amides is 1. The van der Waals surface area contributed by atoms with E-state index in [0.717, 1.165) is 0 Å². The van der Waals surface area contributed by atoms with Crippen molar-refractivity contribution in [1.82, 2.24) is 10.2 Å². The van der Waals surface area contributed by atoms with E-state index in [2.05, 4.69) is 5.32 Å². The number of aromatic hydroxyl groups is 1. The van der Waals surface area contributed by atoms with Crippen molar-refractivity contribution >= 4 is 23.2 Å². The van der Waals surface area contributed by atoms with Crippen molar-refractivity contribution in [2.24, 2.45) is 11.7 Å². The highest BCUT2D eigenvalue weighted by atomic mass is 16.3. The third-order valence-electron chi connectivity index (χ3n) is 7.07. The van der Waals surface area contributed by atoms with Gasteiger partial charge in [0.05, 0.1) is 28.8 Å². The number of aliphatic hydroxyl groups excluding tert-OH is 2. The van der Waals surface area contributed by atoms with Gasteiger partial charge in [-0.25, -0.2) is 0 Å². The van der Waals surface area contributed by atoms with Crippen LogP contribution in [0.3, 0.4) is 0 Å². The van der Waals surface area contributed by atoms with Gasteiger partial charge in [0.2, 0.25) is 5.78 Å². The fourth-order valence-corrected chi connectivity index (χ4v) is 5.70. The summed E-state index contributed by atoms with van der Waals surface area (Å²) in [5.41, 5.74) is 1.19. The van der Waals surface area contributed by atoms with Crippen LogP contribution in [0.25, 0.3) is 5.76 Å². The van der Waals surface area contributed by atoms with E-state index >= 15 is 0 Å². The number of nitrogens with two attached hydrogens (primary N) is 1. The summed E-state index contributed by atoms with van der Waals surface area (Å²) in [6, 6.07) is 3.13. The minimum atomic E-state index is -2.64. The number of hydrogen-bond acceptors (Lipinski definition) is 9. The highest BCUT2D eigenvalue weighted by Gasteiger charge is 2.74. The Balaban J connectivity index is 1.80. The van der Waals surface area contributed by atoms with Gasteiger partial charge >= 0.3 is 0 Å². The van der Waals surface area contributed by atoms with E-state index in [0.29, 0.717) is 5.56 Å². The smallest absolute Gasteiger partial charge is 0.255 e. The molecule has 0 unspecified atom stereocenters. The fraction of sp³-hybridized carbons (Fsp3) is 0.381. The molecule has 3 aliphatic carbocycles. The van der Waals surface area contributed by atoms with Crippen molar-refractivity contribution in [2.45, 2.75) is 29.6 Å². The lowest BCUT2D eigenvalue weighted by molar-refractivity contribution is -0.153. The zero-order valence-corrected chi connectivity index (χ0v) is 16.7. The Kier molecular flexibility index (Phi) is 3.64. The third-order valence-corrected chi connectivity index (χ3v) is 7.07. The summed E-state index contributed by atoms with van der Waals surface area (Å²) in [6.07, 6.45) is 0.0130. The number of hydrogen-bond donors (Lipinski definition) is 6. The van der Waals surface area contributed by atoms with Crippen LogP contribution in [0.4, 0.5) is 0 Å². The van der Waals surface area contributed by atoms with Crippen molar-refractivity contribution in [1.29, 1.82) is 0 Å². The number of Topliss-reactive ketones (excluding diaryl/α,β-unsaturated/α-hetero) is 2. The van der Waals surface area contributed by atoms with Crippen LogP contribution < -0.4 is 11.1 Å². The molecule has 7 N–H and O–H groups in total. The number of ketones is 2. The van der Waals surface area contributed by atoms with Crippen molar-refractivity contribution < 1.29 is 34.8 Å². The van der Waals surface area contributed by atoms with E-state index in [1.54, 1.807) is 26.2 Å². The average Bonchev–Trinajstić information content (AvgIpc) is 3.39. The lowest BCUT2D eigenvalue weighted by Crippen LogP contribution is -2.67. The molecule has 0 radical (unpaired) electrons. The van der Waals surface area contributed by atoms with Gasteiger partial charge in [0, 0.05) is 5.92 Å². The second kappa shape index (κ2) is 5.72. The van der Waals surface area contributed by atoms with Crippen molar-refractivity contribution in [3.05, 3.63) is 46.2 Å². The molecule has 0 aromatic heterocycles. The van der Waals surface area contributed by atoms with E-state index < -0.39 is 63.7 Å². The number of carbonyl (C=O) groups is 3. The molecular formula is C21H21N3O7. The fourth-order valence-electron chi connectivity index (χ4n) is 5.70. The standard InChI is InChI=1S/C21H21N3O7/c1-24(2)13-8-6-20-12(14(26)10-7(16(20)23-20)4-3-5-9(10)25)18(29)21(8,31)17(28)11(15(13)27)19(22)30/h3-5,8,13,16,23,25-26,28,31H,6H2,1-2H3,(H2,22,30)/t8-,13-,16-,20+,21+/m0/s1.